The van der Waals surface area contributed by atoms with Gasteiger partial charge in [0.05, 0.1) is 11.3 Å². The third kappa shape index (κ3) is 4.10. The zero-order valence-electron chi connectivity index (χ0n) is 14.0. The van der Waals surface area contributed by atoms with Crippen LogP contribution in [0.15, 0.2) is 30.3 Å². The standard InChI is InChI=1S/C18H20F2N4O/c1-12(25)24-9-7-13(8-10-24)11-21-17-6-5-16(22-23-17)18-14(19)3-2-4-15(18)20/h2-6,13H,7-11H2,1H3,(H,21,23). The number of halogens is 2. The maximum Gasteiger partial charge on any atom is 0.219 e. The van der Waals surface area contributed by atoms with E-state index in [1.165, 1.54) is 18.2 Å². The lowest BCUT2D eigenvalue weighted by Gasteiger charge is -2.31. The van der Waals surface area contributed by atoms with Gasteiger partial charge in [-0.25, -0.2) is 8.78 Å². The Labute approximate surface area is 145 Å². The van der Waals surface area contributed by atoms with E-state index < -0.39 is 11.6 Å². The molecule has 2 heterocycles. The number of amides is 1. The molecule has 0 aliphatic carbocycles. The molecule has 1 aliphatic rings. The number of likely N-dealkylation sites (tertiary alicyclic amines) is 1. The van der Waals surface area contributed by atoms with Crippen molar-refractivity contribution in [2.75, 3.05) is 25.0 Å². The van der Waals surface area contributed by atoms with E-state index in [4.69, 9.17) is 0 Å². The summed E-state index contributed by atoms with van der Waals surface area (Å²) in [6, 6.07) is 6.92. The first-order chi connectivity index (χ1) is 12.0. The number of nitrogens with one attached hydrogen (secondary N) is 1. The minimum Gasteiger partial charge on any atom is -0.368 e. The van der Waals surface area contributed by atoms with Crippen LogP contribution in [0.4, 0.5) is 14.6 Å². The van der Waals surface area contributed by atoms with Crippen molar-refractivity contribution in [1.82, 2.24) is 15.1 Å². The predicted octanol–water partition coefficient (Wildman–Crippen LogP) is 3.09. The Bertz CT molecular complexity index is 723. The summed E-state index contributed by atoms with van der Waals surface area (Å²) < 4.78 is 27.5. The average molecular weight is 346 g/mol. The fraction of sp³-hybridized carbons (Fsp3) is 0.389. The Balaban J connectivity index is 1.58. The lowest BCUT2D eigenvalue weighted by Crippen LogP contribution is -2.38. The maximum atomic E-state index is 13.8. The minimum atomic E-state index is -0.660. The molecule has 0 unspecified atom stereocenters. The first-order valence-electron chi connectivity index (χ1n) is 8.32. The summed E-state index contributed by atoms with van der Waals surface area (Å²) in [5.41, 5.74) is -0.00549. The Morgan fingerprint density at radius 1 is 1.16 bits per heavy atom. The average Bonchev–Trinajstić information content (AvgIpc) is 2.61. The van der Waals surface area contributed by atoms with E-state index in [0.29, 0.717) is 11.7 Å². The van der Waals surface area contributed by atoms with E-state index in [-0.39, 0.29) is 17.2 Å². The number of carbonyl (C=O) groups is 1. The van der Waals surface area contributed by atoms with Crippen molar-refractivity contribution in [3.05, 3.63) is 42.0 Å². The highest BCUT2D eigenvalue weighted by Crippen LogP contribution is 2.24. The Kier molecular flexibility index (Phi) is 5.21. The topological polar surface area (TPSA) is 58.1 Å². The van der Waals surface area contributed by atoms with Crippen LogP contribution in [0.1, 0.15) is 19.8 Å². The fourth-order valence-electron chi connectivity index (χ4n) is 3.00. The van der Waals surface area contributed by atoms with Crippen LogP contribution in [0.3, 0.4) is 0 Å². The van der Waals surface area contributed by atoms with Crippen LogP contribution >= 0.6 is 0 Å². The van der Waals surface area contributed by atoms with E-state index in [0.717, 1.165) is 32.5 Å². The van der Waals surface area contributed by atoms with E-state index in [9.17, 15) is 13.6 Å². The van der Waals surface area contributed by atoms with Gasteiger partial charge in [0.15, 0.2) is 0 Å². The zero-order valence-corrected chi connectivity index (χ0v) is 14.0. The molecule has 0 spiro atoms. The molecule has 1 aromatic heterocycles. The number of rotatable bonds is 4. The van der Waals surface area contributed by atoms with Crippen molar-refractivity contribution in [1.29, 1.82) is 0 Å². The Morgan fingerprint density at radius 2 is 1.84 bits per heavy atom. The van der Waals surface area contributed by atoms with Gasteiger partial charge in [-0.15, -0.1) is 10.2 Å². The maximum absolute atomic E-state index is 13.8. The number of hydrogen-bond acceptors (Lipinski definition) is 4. The van der Waals surface area contributed by atoms with Gasteiger partial charge in [-0.05, 0) is 43.0 Å². The third-order valence-electron chi connectivity index (χ3n) is 4.52. The summed E-state index contributed by atoms with van der Waals surface area (Å²) in [5.74, 6) is -0.177. The van der Waals surface area contributed by atoms with Gasteiger partial charge in [-0.3, -0.25) is 4.79 Å². The molecule has 0 radical (unpaired) electrons. The van der Waals surface area contributed by atoms with E-state index >= 15 is 0 Å². The first-order valence-corrected chi connectivity index (χ1v) is 8.32. The largest absolute Gasteiger partial charge is 0.368 e. The molecule has 1 N–H and O–H groups in total. The SMILES string of the molecule is CC(=O)N1CCC(CNc2ccc(-c3c(F)cccc3F)nn2)CC1. The molecule has 3 rings (SSSR count). The van der Waals surface area contributed by atoms with Gasteiger partial charge in [-0.2, -0.15) is 0 Å². The summed E-state index contributed by atoms with van der Waals surface area (Å²) in [7, 11) is 0. The monoisotopic (exact) mass is 346 g/mol. The molecule has 1 saturated heterocycles. The van der Waals surface area contributed by atoms with E-state index in [2.05, 4.69) is 15.5 Å². The molecule has 1 fully saturated rings. The molecule has 0 atom stereocenters. The van der Waals surface area contributed by atoms with Crippen molar-refractivity contribution >= 4 is 11.7 Å². The second-order valence-corrected chi connectivity index (χ2v) is 6.23. The van der Waals surface area contributed by atoms with E-state index in [1.54, 1.807) is 19.1 Å². The van der Waals surface area contributed by atoms with Crippen molar-refractivity contribution in [2.45, 2.75) is 19.8 Å². The zero-order chi connectivity index (χ0) is 17.8. The summed E-state index contributed by atoms with van der Waals surface area (Å²) in [5, 5.41) is 11.1. The van der Waals surface area contributed by atoms with Crippen LogP contribution in [0.25, 0.3) is 11.3 Å². The molecule has 1 amide bonds. The quantitative estimate of drug-likeness (QED) is 0.924. The van der Waals surface area contributed by atoms with Gasteiger partial charge < -0.3 is 10.2 Å². The van der Waals surface area contributed by atoms with Crippen LogP contribution in [-0.2, 0) is 4.79 Å². The Morgan fingerprint density at radius 3 is 2.40 bits per heavy atom. The van der Waals surface area contributed by atoms with Crippen LogP contribution in [0.5, 0.6) is 0 Å². The van der Waals surface area contributed by atoms with Gasteiger partial charge in [0, 0.05) is 26.6 Å². The van der Waals surface area contributed by atoms with Crippen molar-refractivity contribution in [2.24, 2.45) is 5.92 Å². The number of anilines is 1. The molecule has 1 aromatic carbocycles. The van der Waals surface area contributed by atoms with Gasteiger partial charge in [0.1, 0.15) is 17.5 Å². The molecule has 2 aromatic rings. The summed E-state index contributed by atoms with van der Waals surface area (Å²) >= 11 is 0. The summed E-state index contributed by atoms with van der Waals surface area (Å²) in [6.45, 7) is 3.87. The number of aromatic nitrogens is 2. The highest BCUT2D eigenvalue weighted by atomic mass is 19.1. The molecule has 0 bridgehead atoms. The third-order valence-corrected chi connectivity index (χ3v) is 4.52. The van der Waals surface area contributed by atoms with Crippen LogP contribution in [-0.4, -0.2) is 40.6 Å². The smallest absolute Gasteiger partial charge is 0.219 e. The van der Waals surface area contributed by atoms with Crippen LogP contribution in [0.2, 0.25) is 0 Å². The van der Waals surface area contributed by atoms with Crippen LogP contribution < -0.4 is 5.32 Å². The Hall–Kier alpha value is -2.57. The molecule has 7 heteroatoms. The van der Waals surface area contributed by atoms with Gasteiger partial charge >= 0.3 is 0 Å². The van der Waals surface area contributed by atoms with Crippen molar-refractivity contribution in [3.8, 4) is 11.3 Å². The number of piperidine rings is 1. The highest BCUT2D eigenvalue weighted by molar-refractivity contribution is 5.73. The molecule has 25 heavy (non-hydrogen) atoms. The molecular weight excluding hydrogens is 326 g/mol. The van der Waals surface area contributed by atoms with Gasteiger partial charge in [0.2, 0.25) is 5.91 Å². The highest BCUT2D eigenvalue weighted by Gasteiger charge is 2.20. The predicted molar refractivity (Wildman–Crippen MR) is 90.9 cm³/mol. The number of carbonyl (C=O) groups excluding carboxylic acids is 1. The first kappa shape index (κ1) is 17.3. The molecule has 132 valence electrons. The normalized spacial score (nSPS) is 15.2. The van der Waals surface area contributed by atoms with Crippen molar-refractivity contribution < 1.29 is 13.6 Å². The molecule has 5 nitrogen and oxygen atoms in total. The number of nitrogens with zero attached hydrogens (tertiary/aromatic N) is 3. The fourth-order valence-corrected chi connectivity index (χ4v) is 3.00. The lowest BCUT2D eigenvalue weighted by molar-refractivity contribution is -0.130. The number of hydrogen-bond donors (Lipinski definition) is 1. The van der Waals surface area contributed by atoms with E-state index in [1.807, 2.05) is 4.90 Å². The summed E-state index contributed by atoms with van der Waals surface area (Å²) in [6.07, 6.45) is 1.89. The number of benzene rings is 1. The second-order valence-electron chi connectivity index (χ2n) is 6.23. The molecule has 1 aliphatic heterocycles. The second kappa shape index (κ2) is 7.55. The minimum absolute atomic E-state index is 0.119. The molecular formula is C18H20F2N4O. The molecule has 0 saturated carbocycles. The van der Waals surface area contributed by atoms with Crippen LogP contribution in [0, 0.1) is 17.6 Å². The summed E-state index contributed by atoms with van der Waals surface area (Å²) in [4.78, 5) is 13.2. The van der Waals surface area contributed by atoms with Crippen molar-refractivity contribution in [3.63, 3.8) is 0 Å². The van der Waals surface area contributed by atoms with Gasteiger partial charge in [-0.1, -0.05) is 6.07 Å². The van der Waals surface area contributed by atoms with Gasteiger partial charge in [0.25, 0.3) is 0 Å². The lowest BCUT2D eigenvalue weighted by atomic mass is 9.97.